The number of carbonyl (C=O) groups is 1. The third-order valence-electron chi connectivity index (χ3n) is 9.91. The lowest BCUT2D eigenvalue weighted by molar-refractivity contribution is -0.111. The molecule has 0 atom stereocenters. The number of nitrogens with zero attached hydrogens (tertiary/aromatic N) is 6. The third-order valence-corrected chi connectivity index (χ3v) is 9.91. The van der Waals surface area contributed by atoms with Crippen LogP contribution >= 0.6 is 0 Å². The largest absolute Gasteiger partial charge is 0.369 e. The summed E-state index contributed by atoms with van der Waals surface area (Å²) >= 11 is 0. The van der Waals surface area contributed by atoms with Crippen LogP contribution < -0.4 is 20.9 Å². The number of unbranched alkanes of at least 4 members (excludes halogenated alkanes) is 13. The highest BCUT2D eigenvalue weighted by atomic mass is 16.1. The van der Waals surface area contributed by atoms with Crippen molar-refractivity contribution in [1.82, 2.24) is 19.8 Å². The van der Waals surface area contributed by atoms with Crippen molar-refractivity contribution in [2.75, 3.05) is 73.2 Å². The zero-order chi connectivity index (χ0) is 34.7. The predicted molar refractivity (Wildman–Crippen MR) is 204 cm³/mol. The van der Waals surface area contributed by atoms with Crippen molar-refractivity contribution in [1.29, 1.82) is 5.26 Å². The maximum atomic E-state index is 12.3. The first-order chi connectivity index (χ1) is 24.0. The quantitative estimate of drug-likeness (QED) is 0.0801. The standard InChI is InChI=1S/C39H61N9O/c1-4-7-8-9-10-11-12-13-14-15-16-17-18-19-22-47-30-33(31-47)42-38-32(28-40)29-41-39(45-38)44-35-21-20-34(27-36(35)43-37(49)5-2)48-25-23-46(6-3)24-26-48/h5,20-21,27,29,33H,2,4,6-19,22-26,30-31H2,1,3H3,(H,43,49)(H2,41,42,44,45). The summed E-state index contributed by atoms with van der Waals surface area (Å²) in [7, 11) is 0. The minimum Gasteiger partial charge on any atom is -0.369 e. The molecule has 1 aromatic carbocycles. The molecule has 2 saturated heterocycles. The number of nitrogens with one attached hydrogen (secondary N) is 3. The lowest BCUT2D eigenvalue weighted by atomic mass is 10.0. The Morgan fingerprint density at radius 2 is 1.53 bits per heavy atom. The van der Waals surface area contributed by atoms with Gasteiger partial charge in [0.1, 0.15) is 17.5 Å². The maximum absolute atomic E-state index is 12.3. The molecule has 1 aromatic heterocycles. The van der Waals surface area contributed by atoms with Crippen LogP contribution in [0.2, 0.25) is 0 Å². The van der Waals surface area contributed by atoms with Gasteiger partial charge in [-0.15, -0.1) is 0 Å². The number of carbonyl (C=O) groups excluding carboxylic acids is 1. The molecule has 4 rings (SSSR count). The number of likely N-dealkylation sites (N-methyl/N-ethyl adjacent to an activating group) is 1. The molecule has 0 bridgehead atoms. The third kappa shape index (κ3) is 12.9. The van der Waals surface area contributed by atoms with E-state index in [0.29, 0.717) is 28.7 Å². The highest BCUT2D eigenvalue weighted by Crippen LogP contribution is 2.31. The van der Waals surface area contributed by atoms with Crippen molar-refractivity contribution >= 4 is 34.7 Å². The van der Waals surface area contributed by atoms with E-state index in [-0.39, 0.29) is 11.9 Å². The molecule has 10 nitrogen and oxygen atoms in total. The van der Waals surface area contributed by atoms with Gasteiger partial charge in [0.25, 0.3) is 0 Å². The van der Waals surface area contributed by atoms with Crippen molar-refractivity contribution < 1.29 is 4.79 Å². The highest BCUT2D eigenvalue weighted by Gasteiger charge is 2.27. The maximum Gasteiger partial charge on any atom is 0.247 e. The summed E-state index contributed by atoms with van der Waals surface area (Å²) in [4.78, 5) is 28.6. The van der Waals surface area contributed by atoms with Gasteiger partial charge >= 0.3 is 0 Å². The topological polar surface area (TPSA) is 112 Å². The van der Waals surface area contributed by atoms with Gasteiger partial charge in [0, 0.05) is 45.0 Å². The smallest absolute Gasteiger partial charge is 0.247 e. The van der Waals surface area contributed by atoms with Gasteiger partial charge in [0.2, 0.25) is 11.9 Å². The van der Waals surface area contributed by atoms with Crippen molar-refractivity contribution in [2.24, 2.45) is 0 Å². The first-order valence-electron chi connectivity index (χ1n) is 19.1. The summed E-state index contributed by atoms with van der Waals surface area (Å²) < 4.78 is 0. The molecule has 0 spiro atoms. The van der Waals surface area contributed by atoms with E-state index >= 15 is 0 Å². The monoisotopic (exact) mass is 671 g/mol. The van der Waals surface area contributed by atoms with Gasteiger partial charge in [-0.25, -0.2) is 4.98 Å². The molecule has 268 valence electrons. The average molecular weight is 672 g/mol. The molecule has 0 unspecified atom stereocenters. The lowest BCUT2D eigenvalue weighted by Crippen LogP contribution is -2.55. The first-order valence-corrected chi connectivity index (χ1v) is 19.1. The van der Waals surface area contributed by atoms with Crippen molar-refractivity contribution in [2.45, 2.75) is 110 Å². The molecule has 0 radical (unpaired) electrons. The molecule has 2 fully saturated rings. The normalized spacial score (nSPS) is 15.4. The van der Waals surface area contributed by atoms with E-state index in [1.807, 2.05) is 12.1 Å². The van der Waals surface area contributed by atoms with Crippen molar-refractivity contribution in [3.05, 3.63) is 42.6 Å². The van der Waals surface area contributed by atoms with E-state index in [2.05, 4.69) is 73.2 Å². The Morgan fingerprint density at radius 3 is 2.12 bits per heavy atom. The number of amides is 1. The number of anilines is 5. The fourth-order valence-electron chi connectivity index (χ4n) is 6.77. The second-order valence-corrected chi connectivity index (χ2v) is 13.7. The van der Waals surface area contributed by atoms with Gasteiger partial charge in [-0.3, -0.25) is 9.69 Å². The van der Waals surface area contributed by atoms with Gasteiger partial charge in [0.05, 0.1) is 23.6 Å². The van der Waals surface area contributed by atoms with E-state index in [4.69, 9.17) is 0 Å². The number of hydrogen-bond acceptors (Lipinski definition) is 9. The molecule has 3 heterocycles. The van der Waals surface area contributed by atoms with E-state index in [9.17, 15) is 10.1 Å². The molecule has 49 heavy (non-hydrogen) atoms. The summed E-state index contributed by atoms with van der Waals surface area (Å²) in [5.41, 5.74) is 2.76. The van der Waals surface area contributed by atoms with Crippen LogP contribution in [0.1, 0.15) is 109 Å². The molecule has 2 aliphatic rings. The molecule has 3 N–H and O–H groups in total. The number of piperazine rings is 1. The highest BCUT2D eigenvalue weighted by molar-refractivity contribution is 6.02. The minimum atomic E-state index is -0.289. The number of benzene rings is 1. The Morgan fingerprint density at radius 1 is 0.898 bits per heavy atom. The van der Waals surface area contributed by atoms with Crippen LogP contribution in [0.25, 0.3) is 0 Å². The summed E-state index contributed by atoms with van der Waals surface area (Å²) in [5.74, 6) is 0.601. The molecule has 0 aliphatic carbocycles. The molecule has 1 amide bonds. The Kier molecular flexibility index (Phi) is 16.7. The zero-order valence-corrected chi connectivity index (χ0v) is 30.3. The molecular weight excluding hydrogens is 610 g/mol. The Hall–Kier alpha value is -3.68. The summed E-state index contributed by atoms with van der Waals surface area (Å²) in [6.45, 7) is 16.0. The van der Waals surface area contributed by atoms with E-state index in [1.165, 1.54) is 96.0 Å². The van der Waals surface area contributed by atoms with Crippen LogP contribution in [0, 0.1) is 11.3 Å². The second kappa shape index (κ2) is 21.4. The summed E-state index contributed by atoms with van der Waals surface area (Å²) in [6.07, 6.45) is 22.1. The Labute approximate surface area is 295 Å². The molecule has 2 aliphatic heterocycles. The lowest BCUT2D eigenvalue weighted by Gasteiger charge is -2.40. The van der Waals surface area contributed by atoms with Crippen molar-refractivity contribution in [3.63, 3.8) is 0 Å². The van der Waals surface area contributed by atoms with Crippen LogP contribution in [-0.4, -0.2) is 84.1 Å². The number of hydrogen-bond donors (Lipinski definition) is 3. The van der Waals surface area contributed by atoms with E-state index in [0.717, 1.165) is 58.0 Å². The Balaban J connectivity index is 1.18. The van der Waals surface area contributed by atoms with Crippen molar-refractivity contribution in [3.8, 4) is 6.07 Å². The second-order valence-electron chi connectivity index (χ2n) is 13.7. The van der Waals surface area contributed by atoms with Crippen LogP contribution in [0.5, 0.6) is 0 Å². The molecule has 10 heteroatoms. The number of rotatable bonds is 23. The number of likely N-dealkylation sites (tertiary alicyclic amines) is 1. The summed E-state index contributed by atoms with van der Waals surface area (Å²) in [5, 5.41) is 19.4. The molecule has 2 aromatic rings. The van der Waals surface area contributed by atoms with Crippen LogP contribution in [0.15, 0.2) is 37.1 Å². The van der Waals surface area contributed by atoms with Gasteiger partial charge in [-0.2, -0.15) is 10.2 Å². The fourth-order valence-corrected chi connectivity index (χ4v) is 6.77. The zero-order valence-electron chi connectivity index (χ0n) is 30.3. The Bertz CT molecular complexity index is 1330. The molecular formula is C39H61N9O. The summed E-state index contributed by atoms with van der Waals surface area (Å²) in [6, 6.07) is 8.44. The van der Waals surface area contributed by atoms with Gasteiger partial charge in [-0.05, 0) is 43.8 Å². The van der Waals surface area contributed by atoms with E-state index in [1.54, 1.807) is 6.20 Å². The molecule has 0 saturated carbocycles. The van der Waals surface area contributed by atoms with E-state index < -0.39 is 0 Å². The number of aromatic nitrogens is 2. The SMILES string of the molecule is C=CC(=O)Nc1cc(N2CCN(CC)CC2)ccc1Nc1ncc(C#N)c(NC2CN(CCCCCCCCCCCCCCCC)C2)n1. The first kappa shape index (κ1) is 38.1. The number of nitriles is 1. The van der Waals surface area contributed by atoms with Gasteiger partial charge < -0.3 is 25.8 Å². The van der Waals surface area contributed by atoms with Crippen LogP contribution in [0.3, 0.4) is 0 Å². The average Bonchev–Trinajstić information content (AvgIpc) is 3.11. The van der Waals surface area contributed by atoms with Crippen LogP contribution in [-0.2, 0) is 4.79 Å². The predicted octanol–water partition coefficient (Wildman–Crippen LogP) is 7.94. The van der Waals surface area contributed by atoms with Gasteiger partial charge in [-0.1, -0.05) is 104 Å². The van der Waals surface area contributed by atoms with Crippen LogP contribution in [0.4, 0.5) is 28.8 Å². The fraction of sp³-hybridized carbons (Fsp3) is 0.641. The minimum absolute atomic E-state index is 0.247. The van der Waals surface area contributed by atoms with Gasteiger partial charge in [0.15, 0.2) is 0 Å².